The molecule has 0 saturated carbocycles. The molecule has 2 aromatic carbocycles. The predicted octanol–water partition coefficient (Wildman–Crippen LogP) is 3.69. The van der Waals surface area contributed by atoms with Crippen LogP contribution in [0.4, 0.5) is 11.4 Å². The maximum atomic E-state index is 12.4. The molecule has 0 unspecified atom stereocenters. The van der Waals surface area contributed by atoms with Gasteiger partial charge in [-0.25, -0.2) is 0 Å². The van der Waals surface area contributed by atoms with Crippen molar-refractivity contribution in [1.29, 1.82) is 0 Å². The number of hydrogen-bond acceptors (Lipinski definition) is 4. The second-order valence-electron chi connectivity index (χ2n) is 5.24. The lowest BCUT2D eigenvalue weighted by atomic mass is 10.1. The molecule has 0 aliphatic heterocycles. The van der Waals surface area contributed by atoms with E-state index in [1.807, 2.05) is 13.8 Å². The van der Waals surface area contributed by atoms with Gasteiger partial charge in [0.25, 0.3) is 5.91 Å². The Morgan fingerprint density at radius 3 is 1.96 bits per heavy atom. The maximum Gasteiger partial charge on any atom is 0.255 e. The molecule has 25 heavy (non-hydrogen) atoms. The van der Waals surface area contributed by atoms with E-state index in [2.05, 4.69) is 10.6 Å². The van der Waals surface area contributed by atoms with Crippen molar-refractivity contribution < 1.29 is 19.1 Å². The van der Waals surface area contributed by atoms with E-state index in [-0.39, 0.29) is 11.8 Å². The summed E-state index contributed by atoms with van der Waals surface area (Å²) in [5.74, 6) is 0.754. The lowest BCUT2D eigenvalue weighted by molar-refractivity contribution is -0.114. The monoisotopic (exact) mass is 342 g/mol. The van der Waals surface area contributed by atoms with Crippen molar-refractivity contribution >= 4 is 23.2 Å². The molecule has 0 radical (unpaired) electrons. The number of rotatable bonds is 7. The molecule has 2 amide bonds. The Hall–Kier alpha value is -3.02. The number of nitrogens with one attached hydrogen (secondary N) is 2. The minimum atomic E-state index is -0.253. The number of ether oxygens (including phenoxy) is 2. The first-order valence-electron chi connectivity index (χ1n) is 8.12. The van der Waals surface area contributed by atoms with Gasteiger partial charge in [-0.1, -0.05) is 0 Å². The van der Waals surface area contributed by atoms with Gasteiger partial charge >= 0.3 is 0 Å². The second-order valence-corrected chi connectivity index (χ2v) is 5.24. The van der Waals surface area contributed by atoms with Gasteiger partial charge in [0.2, 0.25) is 5.91 Å². The van der Waals surface area contributed by atoms with E-state index < -0.39 is 0 Å². The molecule has 2 aromatic rings. The van der Waals surface area contributed by atoms with Crippen LogP contribution in [0, 0.1) is 0 Å². The van der Waals surface area contributed by atoms with Crippen molar-refractivity contribution in [2.75, 3.05) is 23.8 Å². The standard InChI is InChI=1S/C19H22N2O4/c1-4-24-17-11-6-14(12-18(17)25-5-2)19(23)21-16-9-7-15(8-10-16)20-13(3)22/h6-12H,4-5H2,1-3H3,(H,20,22)(H,21,23). The van der Waals surface area contributed by atoms with Gasteiger partial charge in [-0.3, -0.25) is 9.59 Å². The number of amides is 2. The molecule has 2 N–H and O–H groups in total. The van der Waals surface area contributed by atoms with Crippen molar-refractivity contribution in [3.63, 3.8) is 0 Å². The van der Waals surface area contributed by atoms with Gasteiger partial charge in [-0.05, 0) is 56.3 Å². The Labute approximate surface area is 147 Å². The highest BCUT2D eigenvalue weighted by Crippen LogP contribution is 2.29. The second kappa shape index (κ2) is 8.73. The quantitative estimate of drug-likeness (QED) is 0.804. The number of carbonyl (C=O) groups excluding carboxylic acids is 2. The van der Waals surface area contributed by atoms with Crippen LogP contribution in [-0.2, 0) is 4.79 Å². The van der Waals surface area contributed by atoms with E-state index in [1.54, 1.807) is 42.5 Å². The van der Waals surface area contributed by atoms with Crippen LogP contribution in [0.1, 0.15) is 31.1 Å². The number of benzene rings is 2. The average molecular weight is 342 g/mol. The Bertz CT molecular complexity index is 742. The molecule has 2 rings (SSSR count). The average Bonchev–Trinajstić information content (AvgIpc) is 2.58. The third-order valence-corrected chi connectivity index (χ3v) is 3.27. The smallest absolute Gasteiger partial charge is 0.255 e. The third kappa shape index (κ3) is 5.24. The third-order valence-electron chi connectivity index (χ3n) is 3.27. The first-order valence-corrected chi connectivity index (χ1v) is 8.12. The van der Waals surface area contributed by atoms with E-state index in [0.717, 1.165) is 0 Å². The molecule has 6 nitrogen and oxygen atoms in total. The molecule has 6 heteroatoms. The maximum absolute atomic E-state index is 12.4. The molecule has 0 atom stereocenters. The van der Waals surface area contributed by atoms with Crippen LogP contribution >= 0.6 is 0 Å². The van der Waals surface area contributed by atoms with E-state index in [1.165, 1.54) is 6.92 Å². The highest BCUT2D eigenvalue weighted by Gasteiger charge is 2.12. The molecular formula is C19H22N2O4. The van der Waals surface area contributed by atoms with Crippen molar-refractivity contribution in [2.45, 2.75) is 20.8 Å². The Morgan fingerprint density at radius 1 is 0.840 bits per heavy atom. The molecule has 0 aliphatic rings. The SMILES string of the molecule is CCOc1ccc(C(=O)Nc2ccc(NC(C)=O)cc2)cc1OCC. The lowest BCUT2D eigenvalue weighted by Crippen LogP contribution is -2.12. The van der Waals surface area contributed by atoms with Gasteiger partial charge in [0.15, 0.2) is 11.5 Å². The molecule has 0 aliphatic carbocycles. The zero-order valence-corrected chi connectivity index (χ0v) is 14.6. The van der Waals surface area contributed by atoms with E-state index >= 15 is 0 Å². The molecule has 0 bridgehead atoms. The fraction of sp³-hybridized carbons (Fsp3) is 0.263. The fourth-order valence-corrected chi connectivity index (χ4v) is 2.24. The number of hydrogen-bond donors (Lipinski definition) is 2. The molecule has 0 aromatic heterocycles. The van der Waals surface area contributed by atoms with Crippen LogP contribution in [0.3, 0.4) is 0 Å². The van der Waals surface area contributed by atoms with Crippen LogP contribution in [0.2, 0.25) is 0 Å². The first kappa shape index (κ1) is 18.3. The predicted molar refractivity (Wildman–Crippen MR) is 97.5 cm³/mol. The molecule has 0 saturated heterocycles. The van der Waals surface area contributed by atoms with Crippen molar-refractivity contribution in [3.8, 4) is 11.5 Å². The van der Waals surface area contributed by atoms with Gasteiger partial charge < -0.3 is 20.1 Å². The highest BCUT2D eigenvalue weighted by molar-refractivity contribution is 6.04. The van der Waals surface area contributed by atoms with Gasteiger partial charge in [0.1, 0.15) is 0 Å². The summed E-state index contributed by atoms with van der Waals surface area (Å²) in [5.41, 5.74) is 1.77. The summed E-state index contributed by atoms with van der Waals surface area (Å²) in [7, 11) is 0. The Morgan fingerprint density at radius 2 is 1.40 bits per heavy atom. The minimum Gasteiger partial charge on any atom is -0.490 e. The van der Waals surface area contributed by atoms with Gasteiger partial charge in [0.05, 0.1) is 13.2 Å². The van der Waals surface area contributed by atoms with E-state index in [0.29, 0.717) is 41.7 Å². The van der Waals surface area contributed by atoms with Gasteiger partial charge in [-0.2, -0.15) is 0 Å². The summed E-state index contributed by atoms with van der Waals surface area (Å²) < 4.78 is 11.0. The lowest BCUT2D eigenvalue weighted by Gasteiger charge is -2.12. The van der Waals surface area contributed by atoms with Crippen LogP contribution < -0.4 is 20.1 Å². The topological polar surface area (TPSA) is 76.7 Å². The zero-order valence-electron chi connectivity index (χ0n) is 14.6. The summed E-state index contributed by atoms with van der Waals surface area (Å²) in [4.78, 5) is 23.4. The zero-order chi connectivity index (χ0) is 18.2. The van der Waals surface area contributed by atoms with Crippen LogP contribution in [0.5, 0.6) is 11.5 Å². The molecule has 0 spiro atoms. The largest absolute Gasteiger partial charge is 0.490 e. The van der Waals surface area contributed by atoms with Crippen LogP contribution in [-0.4, -0.2) is 25.0 Å². The minimum absolute atomic E-state index is 0.144. The fourth-order valence-electron chi connectivity index (χ4n) is 2.24. The van der Waals surface area contributed by atoms with Crippen LogP contribution in [0.25, 0.3) is 0 Å². The number of carbonyl (C=O) groups is 2. The summed E-state index contributed by atoms with van der Waals surface area (Å²) in [6, 6.07) is 12.0. The molecule has 0 fully saturated rings. The summed E-state index contributed by atoms with van der Waals surface area (Å²) >= 11 is 0. The Balaban J connectivity index is 2.11. The summed E-state index contributed by atoms with van der Waals surface area (Å²) in [6.07, 6.45) is 0. The van der Waals surface area contributed by atoms with Crippen LogP contribution in [0.15, 0.2) is 42.5 Å². The van der Waals surface area contributed by atoms with Crippen molar-refractivity contribution in [3.05, 3.63) is 48.0 Å². The molecule has 132 valence electrons. The van der Waals surface area contributed by atoms with Crippen molar-refractivity contribution in [2.24, 2.45) is 0 Å². The molecule has 0 heterocycles. The van der Waals surface area contributed by atoms with E-state index in [4.69, 9.17) is 9.47 Å². The Kier molecular flexibility index (Phi) is 6.39. The normalized spacial score (nSPS) is 10.0. The number of anilines is 2. The molecular weight excluding hydrogens is 320 g/mol. The highest BCUT2D eigenvalue weighted by atomic mass is 16.5. The first-order chi connectivity index (χ1) is 12.0. The van der Waals surface area contributed by atoms with Gasteiger partial charge in [0, 0.05) is 23.9 Å². The summed E-state index contributed by atoms with van der Waals surface area (Å²) in [6.45, 7) is 6.21. The summed E-state index contributed by atoms with van der Waals surface area (Å²) in [5, 5.41) is 5.49. The van der Waals surface area contributed by atoms with E-state index in [9.17, 15) is 9.59 Å². The van der Waals surface area contributed by atoms with Gasteiger partial charge in [-0.15, -0.1) is 0 Å². The van der Waals surface area contributed by atoms with Crippen molar-refractivity contribution in [1.82, 2.24) is 0 Å².